The number of carbonyl (C=O) groups is 1. The molecule has 16 heavy (non-hydrogen) atoms. The zero-order valence-corrected chi connectivity index (χ0v) is 11.2. The zero-order valence-electron chi connectivity index (χ0n) is 8.83. The van der Waals surface area contributed by atoms with Crippen LogP contribution < -0.4 is 4.74 Å². The molecule has 0 aliphatic heterocycles. The van der Waals surface area contributed by atoms with Gasteiger partial charge in [0.2, 0.25) is 5.24 Å². The largest absolute Gasteiger partial charge is 0.496 e. The van der Waals surface area contributed by atoms with Crippen LogP contribution in [0, 0.1) is 0 Å². The Kier molecular flexibility index (Phi) is 5.80. The summed E-state index contributed by atoms with van der Waals surface area (Å²) in [4.78, 5) is 10.4. The molecule has 3 nitrogen and oxygen atoms in total. The van der Waals surface area contributed by atoms with Gasteiger partial charge in [0.15, 0.2) is 0 Å². The van der Waals surface area contributed by atoms with E-state index in [2.05, 4.69) is 15.9 Å². The van der Waals surface area contributed by atoms with Crippen molar-refractivity contribution in [2.24, 2.45) is 0 Å². The van der Waals surface area contributed by atoms with Gasteiger partial charge in [-0.15, -0.1) is 0 Å². The lowest BCUT2D eigenvalue weighted by Crippen LogP contribution is -2.05. The molecule has 0 saturated carbocycles. The lowest BCUT2D eigenvalue weighted by Gasteiger charge is -2.06. The highest BCUT2D eigenvalue weighted by Gasteiger charge is 2.02. The normalized spacial score (nSPS) is 10.2. The van der Waals surface area contributed by atoms with Crippen LogP contribution in [-0.2, 0) is 16.0 Å². The molecular weight excluding hydrogens is 295 g/mol. The predicted molar refractivity (Wildman–Crippen MR) is 66.1 cm³/mol. The van der Waals surface area contributed by atoms with E-state index in [4.69, 9.17) is 21.1 Å². The first kappa shape index (κ1) is 13.5. The van der Waals surface area contributed by atoms with E-state index in [-0.39, 0.29) is 6.61 Å². The number of hydrogen-bond acceptors (Lipinski definition) is 3. The van der Waals surface area contributed by atoms with E-state index >= 15 is 0 Å². The topological polar surface area (TPSA) is 35.5 Å². The molecule has 0 aromatic heterocycles. The van der Waals surface area contributed by atoms with Crippen molar-refractivity contribution in [1.82, 2.24) is 0 Å². The number of carbonyl (C=O) groups excluding carboxylic acids is 1. The van der Waals surface area contributed by atoms with E-state index in [9.17, 15) is 4.79 Å². The van der Waals surface area contributed by atoms with Crippen LogP contribution in [0.5, 0.6) is 5.75 Å². The van der Waals surface area contributed by atoms with Crippen LogP contribution in [0.2, 0.25) is 0 Å². The molecule has 0 atom stereocenters. The number of rotatable bonds is 6. The summed E-state index contributed by atoms with van der Waals surface area (Å²) in [6, 6.07) is 5.81. The summed E-state index contributed by atoms with van der Waals surface area (Å²) in [7, 11) is 1.62. The molecule has 0 fully saturated rings. The molecule has 0 spiro atoms. The highest BCUT2D eigenvalue weighted by Crippen LogP contribution is 2.25. The van der Waals surface area contributed by atoms with Gasteiger partial charge in [0.1, 0.15) is 12.4 Å². The molecular formula is C11H12BrClO3. The molecule has 0 amide bonds. The molecule has 0 unspecified atom stereocenters. The van der Waals surface area contributed by atoms with Crippen molar-refractivity contribution in [3.05, 3.63) is 28.2 Å². The SMILES string of the molecule is COc1cc(CCOCC(=O)Cl)ccc1Br. The summed E-state index contributed by atoms with van der Waals surface area (Å²) < 4.78 is 11.1. The Bertz CT molecular complexity index is 368. The van der Waals surface area contributed by atoms with Gasteiger partial charge in [-0.3, -0.25) is 4.79 Å². The molecule has 5 heteroatoms. The van der Waals surface area contributed by atoms with Crippen molar-refractivity contribution < 1.29 is 14.3 Å². The molecule has 1 aromatic rings. The molecule has 0 N–H and O–H groups in total. The Balaban J connectivity index is 2.45. The smallest absolute Gasteiger partial charge is 0.247 e. The number of benzene rings is 1. The second-order valence-corrected chi connectivity index (χ2v) is 4.40. The minimum Gasteiger partial charge on any atom is -0.496 e. The van der Waals surface area contributed by atoms with Gasteiger partial charge in [-0.1, -0.05) is 6.07 Å². The van der Waals surface area contributed by atoms with Gasteiger partial charge in [-0.05, 0) is 51.6 Å². The third-order valence-electron chi connectivity index (χ3n) is 1.97. The van der Waals surface area contributed by atoms with E-state index < -0.39 is 5.24 Å². The Labute approximate surface area is 108 Å². The first-order valence-electron chi connectivity index (χ1n) is 4.72. The molecule has 1 aromatic carbocycles. The third kappa shape index (κ3) is 4.51. The molecule has 0 saturated heterocycles. The van der Waals surface area contributed by atoms with Crippen LogP contribution in [0.3, 0.4) is 0 Å². The maximum absolute atomic E-state index is 10.4. The molecule has 0 heterocycles. The quantitative estimate of drug-likeness (QED) is 0.599. The van der Waals surface area contributed by atoms with E-state index in [1.165, 1.54) is 0 Å². The second kappa shape index (κ2) is 6.89. The number of hydrogen-bond donors (Lipinski definition) is 0. The van der Waals surface area contributed by atoms with Gasteiger partial charge in [0.05, 0.1) is 18.2 Å². The van der Waals surface area contributed by atoms with Crippen molar-refractivity contribution in [2.45, 2.75) is 6.42 Å². The average Bonchev–Trinajstić information content (AvgIpc) is 2.26. The standard InChI is InChI=1S/C11H12BrClO3/c1-15-10-6-8(2-3-9(10)12)4-5-16-7-11(13)14/h2-3,6H,4-5,7H2,1H3. The molecule has 0 aliphatic rings. The summed E-state index contributed by atoms with van der Waals surface area (Å²) in [6.45, 7) is 0.415. The fourth-order valence-electron chi connectivity index (χ4n) is 1.20. The van der Waals surface area contributed by atoms with Crippen molar-refractivity contribution in [3.8, 4) is 5.75 Å². The molecule has 88 valence electrons. The van der Waals surface area contributed by atoms with Gasteiger partial charge >= 0.3 is 0 Å². The Morgan fingerprint density at radius 1 is 1.50 bits per heavy atom. The lowest BCUT2D eigenvalue weighted by atomic mass is 10.1. The number of methoxy groups -OCH3 is 1. The minimum absolute atomic E-state index is 0.0464. The average molecular weight is 308 g/mol. The summed E-state index contributed by atoms with van der Waals surface area (Å²) >= 11 is 8.51. The maximum atomic E-state index is 10.4. The van der Waals surface area contributed by atoms with Crippen LogP contribution >= 0.6 is 27.5 Å². The Morgan fingerprint density at radius 3 is 2.88 bits per heavy atom. The van der Waals surface area contributed by atoms with Crippen molar-refractivity contribution in [1.29, 1.82) is 0 Å². The van der Waals surface area contributed by atoms with Crippen molar-refractivity contribution in [2.75, 3.05) is 20.3 Å². The monoisotopic (exact) mass is 306 g/mol. The summed E-state index contributed by atoms with van der Waals surface area (Å²) in [5.41, 5.74) is 1.09. The minimum atomic E-state index is -0.478. The van der Waals surface area contributed by atoms with Crippen LogP contribution in [-0.4, -0.2) is 25.6 Å². The first-order chi connectivity index (χ1) is 7.63. The van der Waals surface area contributed by atoms with Gasteiger partial charge in [0, 0.05) is 0 Å². The van der Waals surface area contributed by atoms with Crippen LogP contribution in [0.4, 0.5) is 0 Å². The van der Waals surface area contributed by atoms with Crippen LogP contribution in [0.1, 0.15) is 5.56 Å². The van der Waals surface area contributed by atoms with Crippen LogP contribution in [0.15, 0.2) is 22.7 Å². The van der Waals surface area contributed by atoms with Gasteiger partial charge in [-0.25, -0.2) is 0 Å². The Morgan fingerprint density at radius 2 is 2.25 bits per heavy atom. The number of ether oxygens (including phenoxy) is 2. The fourth-order valence-corrected chi connectivity index (χ4v) is 1.69. The predicted octanol–water partition coefficient (Wildman–Crippen LogP) is 2.78. The summed E-state index contributed by atoms with van der Waals surface area (Å²) in [6.07, 6.45) is 0.716. The van der Waals surface area contributed by atoms with Gasteiger partial charge in [-0.2, -0.15) is 0 Å². The molecule has 0 aliphatic carbocycles. The van der Waals surface area contributed by atoms with Crippen molar-refractivity contribution >= 4 is 32.8 Å². The van der Waals surface area contributed by atoms with Gasteiger partial charge in [0.25, 0.3) is 0 Å². The highest BCUT2D eigenvalue weighted by atomic mass is 79.9. The molecule has 0 radical (unpaired) electrons. The van der Waals surface area contributed by atoms with E-state index in [1.807, 2.05) is 18.2 Å². The molecule has 0 bridgehead atoms. The lowest BCUT2D eigenvalue weighted by molar-refractivity contribution is -0.115. The zero-order chi connectivity index (χ0) is 12.0. The van der Waals surface area contributed by atoms with Crippen molar-refractivity contribution in [3.63, 3.8) is 0 Å². The Hall–Kier alpha value is -0.580. The number of halogens is 2. The second-order valence-electron chi connectivity index (χ2n) is 3.13. The van der Waals surface area contributed by atoms with E-state index in [0.717, 1.165) is 15.8 Å². The van der Waals surface area contributed by atoms with E-state index in [0.29, 0.717) is 13.0 Å². The summed E-state index contributed by atoms with van der Waals surface area (Å²) in [5, 5.41) is -0.478. The van der Waals surface area contributed by atoms with Gasteiger partial charge < -0.3 is 9.47 Å². The molecule has 1 rings (SSSR count). The third-order valence-corrected chi connectivity index (χ3v) is 2.73. The fraction of sp³-hybridized carbons (Fsp3) is 0.364. The highest BCUT2D eigenvalue weighted by molar-refractivity contribution is 9.10. The maximum Gasteiger partial charge on any atom is 0.247 e. The van der Waals surface area contributed by atoms with E-state index in [1.54, 1.807) is 7.11 Å². The first-order valence-corrected chi connectivity index (χ1v) is 5.89. The summed E-state index contributed by atoms with van der Waals surface area (Å²) in [5.74, 6) is 0.783. The van der Waals surface area contributed by atoms with Crippen LogP contribution in [0.25, 0.3) is 0 Å².